The Kier molecular flexibility index (Phi) is 10.4. The maximum Gasteiger partial charge on any atom is 0.334 e. The lowest BCUT2D eigenvalue weighted by atomic mass is 9.56. The molecule has 288 valence electrons. The third-order valence-corrected chi connectivity index (χ3v) is 18.4. The van der Waals surface area contributed by atoms with Crippen molar-refractivity contribution in [3.8, 4) is 0 Å². The first-order valence-corrected chi connectivity index (χ1v) is 22.9. The van der Waals surface area contributed by atoms with Crippen LogP contribution in [0.25, 0.3) is 0 Å². The van der Waals surface area contributed by atoms with Crippen molar-refractivity contribution in [3.05, 3.63) is 23.3 Å². The number of quaternary nitrogens is 1. The second kappa shape index (κ2) is 14.5. The Balaban J connectivity index is 1.22. The lowest BCUT2D eigenvalue weighted by Gasteiger charge is -2.59. The van der Waals surface area contributed by atoms with E-state index < -0.39 is 11.2 Å². The molecule has 7 fully saturated rings. The molecule has 5 aliphatic heterocycles. The van der Waals surface area contributed by atoms with Gasteiger partial charge in [0.25, 0.3) is 0 Å². The molecule has 0 aromatic rings. The molecular formula is C41H62N3O6S2+. The van der Waals surface area contributed by atoms with Gasteiger partial charge in [-0.1, -0.05) is 65.5 Å². The normalized spacial score (nSPS) is 44.8. The minimum absolute atomic E-state index is 0.0527. The molecule has 11 heteroatoms. The molecule has 12 atom stereocenters. The van der Waals surface area contributed by atoms with Gasteiger partial charge in [-0.3, -0.25) is 15.3 Å². The van der Waals surface area contributed by atoms with E-state index in [1.807, 2.05) is 30.7 Å². The number of esters is 2. The second-order valence-electron chi connectivity index (χ2n) is 18.0. The van der Waals surface area contributed by atoms with Gasteiger partial charge in [-0.15, -0.1) is 0 Å². The van der Waals surface area contributed by atoms with E-state index in [2.05, 4.69) is 40.9 Å². The summed E-state index contributed by atoms with van der Waals surface area (Å²) in [6, 6.07) is 0.314. The predicted octanol–water partition coefficient (Wildman–Crippen LogP) is 5.67. The van der Waals surface area contributed by atoms with Crippen molar-refractivity contribution in [1.29, 1.82) is 0 Å². The third kappa shape index (κ3) is 6.32. The van der Waals surface area contributed by atoms with Gasteiger partial charge in [-0.2, -0.15) is 0 Å². The quantitative estimate of drug-likeness (QED) is 0.162. The van der Waals surface area contributed by atoms with Crippen molar-refractivity contribution in [1.82, 2.24) is 4.90 Å². The SMILES string of the molecule is CC=C(C)C(=O)OC1(C)CC=C2CSSC3(CCCCC3)C3C(CC)CN3C(=O)CC3C[NH2+]C(N)CC3C2C12CC1CC3CCC(=O)OC3CC1O2. The fourth-order valence-electron chi connectivity index (χ4n) is 12.3. The summed E-state index contributed by atoms with van der Waals surface area (Å²) in [5.74, 6) is 2.17. The van der Waals surface area contributed by atoms with E-state index >= 15 is 0 Å². The number of fused-ring (bicyclic) bond motifs is 8. The summed E-state index contributed by atoms with van der Waals surface area (Å²) in [7, 11) is 4.08. The maximum atomic E-state index is 14.6. The minimum Gasteiger partial charge on any atom is -0.462 e. The summed E-state index contributed by atoms with van der Waals surface area (Å²) in [5.41, 5.74) is 7.11. The fourth-order valence-corrected chi connectivity index (χ4v) is 15.9. The summed E-state index contributed by atoms with van der Waals surface area (Å²) in [6.45, 7) is 9.81. The molecule has 12 unspecified atom stereocenters. The number of rotatable bonds is 3. The molecule has 0 aromatic carbocycles. The number of amides is 1. The van der Waals surface area contributed by atoms with E-state index in [4.69, 9.17) is 19.9 Å². The highest BCUT2D eigenvalue weighted by molar-refractivity contribution is 8.77. The smallest absolute Gasteiger partial charge is 0.334 e. The number of carbonyl (C=O) groups excluding carboxylic acids is 3. The molecular weight excluding hydrogens is 695 g/mol. The highest BCUT2D eigenvalue weighted by atomic mass is 33.1. The number of hydrogen-bond donors (Lipinski definition) is 2. The van der Waals surface area contributed by atoms with Crippen molar-refractivity contribution >= 4 is 39.4 Å². The molecule has 2 spiro atoms. The number of hydrogen-bond acceptors (Lipinski definition) is 9. The van der Waals surface area contributed by atoms with Gasteiger partial charge in [0.15, 0.2) is 0 Å². The molecule has 9 nitrogen and oxygen atoms in total. The zero-order chi connectivity index (χ0) is 36.4. The molecule has 0 bridgehead atoms. The van der Waals surface area contributed by atoms with E-state index in [-0.39, 0.29) is 58.7 Å². The Hall–Kier alpha value is -1.53. The third-order valence-electron chi connectivity index (χ3n) is 15.2. The molecule has 4 N–H and O–H groups in total. The van der Waals surface area contributed by atoms with Crippen LogP contribution in [0.15, 0.2) is 23.3 Å². The van der Waals surface area contributed by atoms with Crippen LogP contribution in [0.1, 0.15) is 118 Å². The lowest BCUT2D eigenvalue weighted by molar-refractivity contribution is -0.706. The van der Waals surface area contributed by atoms with Crippen LogP contribution in [0.2, 0.25) is 0 Å². The highest BCUT2D eigenvalue weighted by Gasteiger charge is 2.68. The van der Waals surface area contributed by atoms with Crippen LogP contribution < -0.4 is 11.1 Å². The Labute approximate surface area is 318 Å². The maximum absolute atomic E-state index is 14.6. The average molecular weight is 757 g/mol. The van der Waals surface area contributed by atoms with E-state index in [0.29, 0.717) is 55.0 Å². The zero-order valence-corrected chi connectivity index (χ0v) is 33.4. The van der Waals surface area contributed by atoms with Gasteiger partial charge >= 0.3 is 11.9 Å². The van der Waals surface area contributed by atoms with Crippen LogP contribution >= 0.6 is 21.6 Å². The predicted molar refractivity (Wildman–Crippen MR) is 204 cm³/mol. The zero-order valence-electron chi connectivity index (χ0n) is 31.8. The summed E-state index contributed by atoms with van der Waals surface area (Å²) in [6.07, 6.45) is 16.8. The van der Waals surface area contributed by atoms with Crippen LogP contribution in [0.5, 0.6) is 0 Å². The fraction of sp³-hybridized carbons (Fsp3) is 0.829. The standard InChI is InChI=1S/C41H61N3O6S2/c1-5-24(3)38(47)50-39(4)15-12-27-23-51-52-40(13-8-7-9-14-40)37-25(6-2)22-44(37)34(45)17-29-21-43-33(42)18-30(29)36(27)41(39)20-28-16-26-10-11-35(46)48-31(26)19-32(28)49-41/h5,12,25-26,28-33,36-37,43H,6-11,13-23,42H2,1-4H3/p+1. The lowest BCUT2D eigenvalue weighted by Crippen LogP contribution is -2.96. The number of nitrogens with zero attached hydrogens (tertiary/aromatic N) is 1. The molecule has 52 heavy (non-hydrogen) atoms. The van der Waals surface area contributed by atoms with Gasteiger partial charge in [-0.05, 0) is 83.0 Å². The Morgan fingerprint density at radius 3 is 2.71 bits per heavy atom. The molecule has 3 aliphatic carbocycles. The van der Waals surface area contributed by atoms with Crippen molar-refractivity contribution in [2.75, 3.05) is 18.8 Å². The molecule has 1 amide bonds. The molecule has 0 aromatic heterocycles. The monoisotopic (exact) mass is 756 g/mol. The summed E-state index contributed by atoms with van der Waals surface area (Å²) in [4.78, 5) is 43.1. The average Bonchev–Trinajstić information content (AvgIpc) is 3.48. The number of nitrogens with two attached hydrogens (primary N) is 2. The Morgan fingerprint density at radius 2 is 1.94 bits per heavy atom. The highest BCUT2D eigenvalue weighted by Crippen LogP contribution is 2.63. The van der Waals surface area contributed by atoms with Crippen LogP contribution in [0.4, 0.5) is 0 Å². The number of allylic oxidation sites excluding steroid dienone is 1. The van der Waals surface area contributed by atoms with E-state index in [9.17, 15) is 14.4 Å². The van der Waals surface area contributed by atoms with Gasteiger partial charge in [-0.25, -0.2) is 4.79 Å². The second-order valence-corrected chi connectivity index (χ2v) is 20.7. The molecule has 8 rings (SSSR count). The molecule has 2 saturated carbocycles. The van der Waals surface area contributed by atoms with Gasteiger partial charge in [0.2, 0.25) is 5.91 Å². The molecule has 8 aliphatic rings. The van der Waals surface area contributed by atoms with Crippen LogP contribution in [-0.4, -0.2) is 82.0 Å². The van der Waals surface area contributed by atoms with Gasteiger partial charge in [0.1, 0.15) is 23.5 Å². The first-order chi connectivity index (χ1) is 25.0. The van der Waals surface area contributed by atoms with Crippen LogP contribution in [-0.2, 0) is 28.6 Å². The molecule has 5 heterocycles. The van der Waals surface area contributed by atoms with E-state index in [1.165, 1.54) is 37.7 Å². The van der Waals surface area contributed by atoms with Gasteiger partial charge in [0.05, 0.1) is 18.7 Å². The van der Waals surface area contributed by atoms with Crippen molar-refractivity contribution in [2.24, 2.45) is 41.2 Å². The number of ether oxygens (including phenoxy) is 3. The first-order valence-electron chi connectivity index (χ1n) is 20.6. The largest absolute Gasteiger partial charge is 0.462 e. The van der Waals surface area contributed by atoms with E-state index in [1.54, 1.807) is 0 Å². The number of piperidine rings is 1. The van der Waals surface area contributed by atoms with Crippen molar-refractivity contribution < 1.29 is 33.9 Å². The van der Waals surface area contributed by atoms with Gasteiger partial charge in [0, 0.05) is 66.6 Å². The summed E-state index contributed by atoms with van der Waals surface area (Å²) in [5, 5.41) is 2.25. The summed E-state index contributed by atoms with van der Waals surface area (Å²) >= 11 is 0. The Morgan fingerprint density at radius 1 is 1.13 bits per heavy atom. The summed E-state index contributed by atoms with van der Waals surface area (Å²) < 4.78 is 20.4. The molecule has 0 radical (unpaired) electrons. The van der Waals surface area contributed by atoms with Crippen LogP contribution in [0.3, 0.4) is 0 Å². The number of carbonyl (C=O) groups is 3. The van der Waals surface area contributed by atoms with E-state index in [0.717, 1.165) is 50.9 Å². The Bertz CT molecular complexity index is 1480. The minimum atomic E-state index is -0.919. The van der Waals surface area contributed by atoms with Gasteiger partial charge < -0.3 is 24.4 Å². The molecule has 5 saturated heterocycles. The van der Waals surface area contributed by atoms with Crippen LogP contribution in [0, 0.1) is 35.5 Å². The topological polar surface area (TPSA) is 125 Å². The van der Waals surface area contributed by atoms with Crippen molar-refractivity contribution in [3.63, 3.8) is 0 Å². The first kappa shape index (κ1) is 37.4. The van der Waals surface area contributed by atoms with Crippen molar-refractivity contribution in [2.45, 2.75) is 158 Å².